The minimum atomic E-state index is -1.06. The number of H-pyrrole nitrogens is 1. The number of hydrogen-bond donors (Lipinski definition) is 3. The van der Waals surface area contributed by atoms with E-state index in [2.05, 4.69) is 16.9 Å². The fourth-order valence-corrected chi connectivity index (χ4v) is 5.25. The third-order valence-electron chi connectivity index (χ3n) is 6.86. The molecule has 1 saturated heterocycles. The number of aromatic hydroxyl groups is 1. The van der Waals surface area contributed by atoms with Crippen LogP contribution in [0.5, 0.6) is 11.5 Å². The van der Waals surface area contributed by atoms with Crippen molar-refractivity contribution in [3.8, 4) is 11.5 Å². The van der Waals surface area contributed by atoms with Crippen molar-refractivity contribution in [1.29, 1.82) is 0 Å². The van der Waals surface area contributed by atoms with Crippen molar-refractivity contribution >= 4 is 22.8 Å². The highest BCUT2D eigenvalue weighted by Gasteiger charge is 2.60. The number of phenols is 1. The number of amides is 3. The molecule has 3 heterocycles. The van der Waals surface area contributed by atoms with Crippen molar-refractivity contribution in [3.63, 3.8) is 0 Å². The van der Waals surface area contributed by atoms with Gasteiger partial charge in [-0.15, -0.1) is 6.58 Å². The Bertz CT molecular complexity index is 1300. The number of hydrogen-bond acceptors (Lipinski definition) is 5. The molecule has 1 aromatic heterocycles. The van der Waals surface area contributed by atoms with Gasteiger partial charge in [-0.1, -0.05) is 18.2 Å². The number of carbonyl (C=O) groups is 2. The second kappa shape index (κ2) is 8.22. The van der Waals surface area contributed by atoms with Gasteiger partial charge < -0.3 is 20.1 Å². The van der Waals surface area contributed by atoms with Crippen LogP contribution in [0.25, 0.3) is 10.9 Å². The number of fused-ring (bicyclic) bond motifs is 4. The molecule has 3 amide bonds. The van der Waals surface area contributed by atoms with E-state index in [4.69, 9.17) is 4.74 Å². The van der Waals surface area contributed by atoms with Crippen LogP contribution < -0.4 is 10.1 Å². The molecule has 34 heavy (non-hydrogen) atoms. The summed E-state index contributed by atoms with van der Waals surface area (Å²) < 4.78 is 5.44. The van der Waals surface area contributed by atoms with Gasteiger partial charge >= 0.3 is 6.03 Å². The number of imide groups is 1. The molecule has 176 valence electrons. The molecule has 8 nitrogen and oxygen atoms in total. The van der Waals surface area contributed by atoms with Gasteiger partial charge in [0.05, 0.1) is 7.11 Å². The molecule has 2 atom stereocenters. The number of nitrogens with zero attached hydrogens (tertiary/aromatic N) is 2. The van der Waals surface area contributed by atoms with Gasteiger partial charge in [-0.3, -0.25) is 14.6 Å². The zero-order valence-corrected chi connectivity index (χ0v) is 19.3. The van der Waals surface area contributed by atoms with Crippen LogP contribution in [0.2, 0.25) is 0 Å². The number of methoxy groups -OCH3 is 1. The van der Waals surface area contributed by atoms with Crippen molar-refractivity contribution in [2.45, 2.75) is 24.9 Å². The van der Waals surface area contributed by atoms with Crippen LogP contribution in [0.1, 0.15) is 29.8 Å². The van der Waals surface area contributed by atoms with Crippen molar-refractivity contribution < 1.29 is 19.4 Å². The van der Waals surface area contributed by atoms with Gasteiger partial charge in [-0.2, -0.15) is 0 Å². The number of aromatic nitrogens is 1. The van der Waals surface area contributed by atoms with Crippen LogP contribution in [-0.4, -0.2) is 64.1 Å². The molecule has 2 aliphatic heterocycles. The number of carbonyl (C=O) groups excluding carboxylic acids is 2. The van der Waals surface area contributed by atoms with Gasteiger partial charge in [-0.05, 0) is 48.4 Å². The summed E-state index contributed by atoms with van der Waals surface area (Å²) in [5.41, 5.74) is 2.41. The Morgan fingerprint density at radius 3 is 2.85 bits per heavy atom. The van der Waals surface area contributed by atoms with E-state index < -0.39 is 11.6 Å². The molecule has 2 aromatic carbocycles. The number of benzene rings is 2. The van der Waals surface area contributed by atoms with Crippen LogP contribution in [-0.2, 0) is 11.2 Å². The molecule has 0 bridgehead atoms. The smallest absolute Gasteiger partial charge is 0.328 e. The summed E-state index contributed by atoms with van der Waals surface area (Å²) in [6.07, 6.45) is 2.12. The second-order valence-corrected chi connectivity index (χ2v) is 8.98. The van der Waals surface area contributed by atoms with Gasteiger partial charge in [0.1, 0.15) is 23.1 Å². The number of ether oxygens (including phenoxy) is 1. The second-order valence-electron chi connectivity index (χ2n) is 8.98. The Kier molecular flexibility index (Phi) is 5.32. The fraction of sp³-hybridized carbons (Fsp3) is 0.308. The van der Waals surface area contributed by atoms with E-state index in [0.717, 1.165) is 33.5 Å². The van der Waals surface area contributed by atoms with Crippen LogP contribution in [0.4, 0.5) is 4.79 Å². The van der Waals surface area contributed by atoms with E-state index in [-0.39, 0.29) is 24.2 Å². The summed E-state index contributed by atoms with van der Waals surface area (Å²) in [6, 6.07) is 11.8. The monoisotopic (exact) mass is 460 g/mol. The zero-order valence-electron chi connectivity index (χ0n) is 19.3. The fourth-order valence-electron chi connectivity index (χ4n) is 5.25. The van der Waals surface area contributed by atoms with Crippen LogP contribution >= 0.6 is 0 Å². The summed E-state index contributed by atoms with van der Waals surface area (Å²) in [6.45, 7) is 6.87. The lowest BCUT2D eigenvalue weighted by Crippen LogP contribution is -2.53. The Hall–Kier alpha value is -3.78. The van der Waals surface area contributed by atoms with Gasteiger partial charge in [0.25, 0.3) is 5.91 Å². The first-order valence-electron chi connectivity index (χ1n) is 11.3. The Morgan fingerprint density at radius 1 is 1.29 bits per heavy atom. The summed E-state index contributed by atoms with van der Waals surface area (Å²) in [7, 11) is 1.62. The molecule has 0 radical (unpaired) electrons. The third-order valence-corrected chi connectivity index (χ3v) is 6.86. The molecule has 2 aliphatic rings. The molecule has 0 saturated carbocycles. The highest BCUT2D eigenvalue weighted by Crippen LogP contribution is 2.49. The molecule has 3 N–H and O–H groups in total. The minimum Gasteiger partial charge on any atom is -0.508 e. The number of phenolic OH excluding ortho intramolecular Hbond substituents is 1. The molecule has 1 unspecified atom stereocenters. The normalized spacial score (nSPS) is 21.6. The van der Waals surface area contributed by atoms with Crippen molar-refractivity contribution in [3.05, 3.63) is 71.9 Å². The Labute approximate surface area is 197 Å². The third kappa shape index (κ3) is 3.25. The van der Waals surface area contributed by atoms with Crippen molar-refractivity contribution in [2.75, 3.05) is 26.7 Å². The van der Waals surface area contributed by atoms with E-state index in [1.165, 1.54) is 4.90 Å². The van der Waals surface area contributed by atoms with Crippen molar-refractivity contribution in [2.24, 2.45) is 0 Å². The summed E-state index contributed by atoms with van der Waals surface area (Å²) in [5, 5.41) is 14.3. The van der Waals surface area contributed by atoms with Gasteiger partial charge in [0.15, 0.2) is 0 Å². The molecule has 8 heteroatoms. The van der Waals surface area contributed by atoms with E-state index >= 15 is 0 Å². The Balaban J connectivity index is 1.66. The van der Waals surface area contributed by atoms with E-state index in [1.54, 1.807) is 36.3 Å². The highest BCUT2D eigenvalue weighted by molar-refractivity contribution is 6.08. The molecule has 0 spiro atoms. The quantitative estimate of drug-likeness (QED) is 0.285. The summed E-state index contributed by atoms with van der Waals surface area (Å²) >= 11 is 0. The lowest BCUT2D eigenvalue weighted by molar-refractivity contribution is -0.133. The van der Waals surface area contributed by atoms with Gasteiger partial charge in [0, 0.05) is 42.7 Å². The average molecular weight is 461 g/mol. The summed E-state index contributed by atoms with van der Waals surface area (Å²) in [4.78, 5) is 33.9. The summed E-state index contributed by atoms with van der Waals surface area (Å²) in [5.74, 6) is 0.609. The van der Waals surface area contributed by atoms with Crippen molar-refractivity contribution in [1.82, 2.24) is 20.1 Å². The predicted molar refractivity (Wildman–Crippen MR) is 129 cm³/mol. The minimum absolute atomic E-state index is 0.104. The SMILES string of the molecule is C=CCNCCN1C(=O)N2C(c3cccc(O)c3)c3[nH]c4ccc(OC)cc4c3C[C@@]2(C)C1=O. The standard InChI is InChI=1S/C26H28N4O4/c1-4-10-27-11-12-29-24(32)26(2)15-20-19-14-18(34-3)8-9-21(19)28-22(20)23(30(26)25(29)33)16-6-5-7-17(31)13-16/h4-9,13-14,23,27-28,31H,1,10-12,15H2,2-3H3/t23?,26-/m0/s1. The first-order valence-corrected chi connectivity index (χ1v) is 11.3. The van der Waals surface area contributed by atoms with Crippen LogP contribution in [0.3, 0.4) is 0 Å². The predicted octanol–water partition coefficient (Wildman–Crippen LogP) is 3.33. The molecule has 3 aromatic rings. The largest absolute Gasteiger partial charge is 0.508 e. The van der Waals surface area contributed by atoms with E-state index in [9.17, 15) is 14.7 Å². The van der Waals surface area contributed by atoms with E-state index in [0.29, 0.717) is 19.5 Å². The maximum atomic E-state index is 13.7. The average Bonchev–Trinajstić information content (AvgIpc) is 3.27. The topological polar surface area (TPSA) is 97.9 Å². The van der Waals surface area contributed by atoms with Gasteiger partial charge in [-0.25, -0.2) is 4.79 Å². The number of urea groups is 1. The Morgan fingerprint density at radius 2 is 2.12 bits per heavy atom. The first-order chi connectivity index (χ1) is 16.4. The molecular weight excluding hydrogens is 432 g/mol. The van der Waals surface area contributed by atoms with Gasteiger partial charge in [0.2, 0.25) is 0 Å². The van der Waals surface area contributed by atoms with E-state index in [1.807, 2.05) is 31.2 Å². The molecule has 1 fully saturated rings. The molecular formula is C26H28N4O4. The number of rotatable bonds is 7. The zero-order chi connectivity index (χ0) is 24.0. The lowest BCUT2D eigenvalue weighted by Gasteiger charge is -2.42. The highest BCUT2D eigenvalue weighted by atomic mass is 16.5. The molecule has 0 aliphatic carbocycles. The van der Waals surface area contributed by atoms with Crippen LogP contribution in [0.15, 0.2) is 55.1 Å². The maximum absolute atomic E-state index is 13.7. The number of aromatic amines is 1. The number of nitrogens with one attached hydrogen (secondary N) is 2. The lowest BCUT2D eigenvalue weighted by atomic mass is 9.81. The molecule has 5 rings (SSSR count). The maximum Gasteiger partial charge on any atom is 0.328 e. The first kappa shape index (κ1) is 22.0. The van der Waals surface area contributed by atoms with Crippen LogP contribution in [0, 0.1) is 0 Å².